The Morgan fingerprint density at radius 2 is 0.846 bits per heavy atom. The summed E-state index contributed by atoms with van der Waals surface area (Å²) in [5, 5.41) is 0. The highest BCUT2D eigenvalue weighted by molar-refractivity contribution is 5.21. The highest BCUT2D eigenvalue weighted by atomic mass is 13.9. The first-order valence-electron chi connectivity index (χ1n) is 9.78. The number of rotatable bonds is 15. The summed E-state index contributed by atoms with van der Waals surface area (Å²) in [4.78, 5) is 0. The Hall–Kier alpha value is -2.34. The lowest BCUT2D eigenvalue weighted by atomic mass is 10.1. The Bertz CT molecular complexity index is 530. The third-order valence-electron chi connectivity index (χ3n) is 3.53. The number of hydrogen-bond acceptors (Lipinski definition) is 0. The third kappa shape index (κ3) is 21.7. The first kappa shape index (κ1) is 23.7. The maximum atomic E-state index is 5.22. The first-order chi connectivity index (χ1) is 12.9. The summed E-state index contributed by atoms with van der Waals surface area (Å²) in [7, 11) is 0. The molecule has 0 aliphatic rings. The Kier molecular flexibility index (Phi) is 20.6. The van der Waals surface area contributed by atoms with Gasteiger partial charge in [0.05, 0.1) is 0 Å². The average molecular weight is 348 g/mol. The molecule has 0 unspecified atom stereocenters. The molecule has 0 aliphatic carbocycles. The van der Waals surface area contributed by atoms with Gasteiger partial charge in [0.15, 0.2) is 0 Å². The molecule has 0 rings (SSSR count). The van der Waals surface area contributed by atoms with Gasteiger partial charge in [-0.2, -0.15) is 0 Å². The summed E-state index contributed by atoms with van der Waals surface area (Å²) in [6, 6.07) is 0. The third-order valence-corrected chi connectivity index (χ3v) is 3.53. The molecule has 0 N–H and O–H groups in total. The van der Waals surface area contributed by atoms with E-state index in [0.29, 0.717) is 0 Å². The van der Waals surface area contributed by atoms with Gasteiger partial charge in [-0.25, -0.2) is 0 Å². The Labute approximate surface area is 162 Å². The van der Waals surface area contributed by atoms with Crippen LogP contribution in [0.4, 0.5) is 0 Å². The molecule has 0 aromatic rings. The molecule has 0 heteroatoms. The second-order valence-corrected chi connectivity index (χ2v) is 5.87. The topological polar surface area (TPSA) is 0 Å². The Balaban J connectivity index is 3.68. The summed E-state index contributed by atoms with van der Waals surface area (Å²) in [5.74, 6) is 0. The van der Waals surface area contributed by atoms with E-state index in [4.69, 9.17) is 6.58 Å². The molecule has 0 aromatic carbocycles. The molecule has 0 bridgehead atoms. The van der Waals surface area contributed by atoms with Crippen LogP contribution in [0.3, 0.4) is 0 Å². The standard InChI is InChI=1S/C26H35/c1-3-5-7-9-11-13-15-17-19-21-23-25-26-24-22-20-18-16-14-12-10-8-6-4-2/h1,3,5,7,9,11,13,15,17-26H,4,6,8,10,12,14,16H2,2H3/b3-1?,7-5+,11-9+,15-13+,19-17+,20-18+,23-21+,24-22+,26-25+. The van der Waals surface area contributed by atoms with E-state index in [1.807, 2.05) is 66.8 Å². The lowest BCUT2D eigenvalue weighted by Crippen LogP contribution is -1.77. The summed E-state index contributed by atoms with van der Waals surface area (Å²) in [6.45, 7) is 7.48. The van der Waals surface area contributed by atoms with E-state index >= 15 is 0 Å². The first-order valence-corrected chi connectivity index (χ1v) is 9.78. The van der Waals surface area contributed by atoms with Crippen molar-refractivity contribution in [2.24, 2.45) is 0 Å². The fourth-order valence-corrected chi connectivity index (χ4v) is 2.12. The highest BCUT2D eigenvalue weighted by Crippen LogP contribution is 2.07. The van der Waals surface area contributed by atoms with Crippen LogP contribution in [0, 0.1) is 6.58 Å². The van der Waals surface area contributed by atoms with Crippen LogP contribution in [0.25, 0.3) is 0 Å². The van der Waals surface area contributed by atoms with Crippen LogP contribution in [0.15, 0.2) is 103 Å². The highest BCUT2D eigenvalue weighted by Gasteiger charge is 1.87. The maximum absolute atomic E-state index is 5.22. The maximum Gasteiger partial charge on any atom is -0.0348 e. The van der Waals surface area contributed by atoms with E-state index < -0.39 is 0 Å². The smallest absolute Gasteiger partial charge is 0.0348 e. The molecule has 0 nitrogen and oxygen atoms in total. The second-order valence-electron chi connectivity index (χ2n) is 5.87. The van der Waals surface area contributed by atoms with Gasteiger partial charge in [-0.3, -0.25) is 0 Å². The van der Waals surface area contributed by atoms with E-state index in [1.165, 1.54) is 51.0 Å². The molecule has 26 heavy (non-hydrogen) atoms. The normalized spacial score (nSPS) is 13.6. The van der Waals surface area contributed by atoms with E-state index in [0.717, 1.165) is 0 Å². The van der Waals surface area contributed by atoms with Crippen molar-refractivity contribution in [2.75, 3.05) is 0 Å². The van der Waals surface area contributed by atoms with Gasteiger partial charge in [0.2, 0.25) is 0 Å². The van der Waals surface area contributed by atoms with Crippen molar-refractivity contribution >= 4 is 0 Å². The molecule has 1 radical (unpaired) electrons. The summed E-state index contributed by atoms with van der Waals surface area (Å²) < 4.78 is 0. The monoisotopic (exact) mass is 347 g/mol. The lowest BCUT2D eigenvalue weighted by Gasteiger charge is -1.97. The van der Waals surface area contributed by atoms with Crippen molar-refractivity contribution in [3.05, 3.63) is 110 Å². The Morgan fingerprint density at radius 1 is 0.462 bits per heavy atom. The minimum absolute atomic E-state index is 1.19. The molecule has 0 spiro atoms. The zero-order chi connectivity index (χ0) is 19.0. The zero-order valence-electron chi connectivity index (χ0n) is 16.3. The van der Waals surface area contributed by atoms with Gasteiger partial charge in [-0.05, 0) is 12.8 Å². The average Bonchev–Trinajstić information content (AvgIpc) is 2.66. The minimum atomic E-state index is 1.19. The molecule has 0 saturated carbocycles. The van der Waals surface area contributed by atoms with E-state index in [2.05, 4.69) is 31.2 Å². The van der Waals surface area contributed by atoms with Crippen LogP contribution < -0.4 is 0 Å². The van der Waals surface area contributed by atoms with E-state index in [1.54, 1.807) is 6.08 Å². The van der Waals surface area contributed by atoms with Crippen LogP contribution in [-0.2, 0) is 0 Å². The van der Waals surface area contributed by atoms with Gasteiger partial charge in [0, 0.05) is 0 Å². The number of hydrogen-bond donors (Lipinski definition) is 0. The predicted molar refractivity (Wildman–Crippen MR) is 120 cm³/mol. The molecule has 0 aliphatic heterocycles. The van der Waals surface area contributed by atoms with Crippen molar-refractivity contribution in [2.45, 2.75) is 51.9 Å². The van der Waals surface area contributed by atoms with Crippen LogP contribution >= 0.6 is 0 Å². The predicted octanol–water partition coefficient (Wildman–Crippen LogP) is 8.18. The van der Waals surface area contributed by atoms with E-state index in [-0.39, 0.29) is 0 Å². The van der Waals surface area contributed by atoms with Crippen molar-refractivity contribution in [1.82, 2.24) is 0 Å². The molecule has 0 aromatic heterocycles. The minimum Gasteiger partial charge on any atom is -0.0845 e. The molecule has 0 saturated heterocycles. The van der Waals surface area contributed by atoms with Gasteiger partial charge in [0.1, 0.15) is 0 Å². The van der Waals surface area contributed by atoms with Crippen LogP contribution in [0.1, 0.15) is 51.9 Å². The molecule has 0 heterocycles. The fourth-order valence-electron chi connectivity index (χ4n) is 2.12. The van der Waals surface area contributed by atoms with Crippen LogP contribution in [0.5, 0.6) is 0 Å². The molecule has 0 amide bonds. The molecule has 0 atom stereocenters. The molecule has 139 valence electrons. The van der Waals surface area contributed by atoms with Crippen molar-refractivity contribution < 1.29 is 0 Å². The van der Waals surface area contributed by atoms with Crippen molar-refractivity contribution in [3.8, 4) is 0 Å². The van der Waals surface area contributed by atoms with Gasteiger partial charge in [0.25, 0.3) is 0 Å². The number of allylic oxidation sites excluding steroid dienone is 17. The van der Waals surface area contributed by atoms with Crippen molar-refractivity contribution in [1.29, 1.82) is 0 Å². The SMILES string of the molecule is [CH]=C/C=C/C=C/C=C/C=C/C=C/C=C/C=C/C=C/CCCCCCCC. The summed E-state index contributed by atoms with van der Waals surface area (Å²) in [5.41, 5.74) is 0. The zero-order valence-corrected chi connectivity index (χ0v) is 16.3. The molecular weight excluding hydrogens is 312 g/mol. The lowest BCUT2D eigenvalue weighted by molar-refractivity contribution is 0.611. The van der Waals surface area contributed by atoms with Gasteiger partial charge in [-0.15, -0.1) is 0 Å². The van der Waals surface area contributed by atoms with Crippen LogP contribution in [0.2, 0.25) is 0 Å². The molecule has 0 fully saturated rings. The van der Waals surface area contributed by atoms with Gasteiger partial charge >= 0.3 is 0 Å². The van der Waals surface area contributed by atoms with Gasteiger partial charge < -0.3 is 0 Å². The van der Waals surface area contributed by atoms with Gasteiger partial charge in [-0.1, -0.05) is 149 Å². The van der Waals surface area contributed by atoms with Crippen LogP contribution in [-0.4, -0.2) is 0 Å². The number of unbranched alkanes of at least 4 members (excludes halogenated alkanes) is 6. The quantitative estimate of drug-likeness (QED) is 0.207. The van der Waals surface area contributed by atoms with Crippen molar-refractivity contribution in [3.63, 3.8) is 0 Å². The molecular formula is C26H35. The largest absolute Gasteiger partial charge is 0.0845 e. The summed E-state index contributed by atoms with van der Waals surface area (Å²) in [6.07, 6.45) is 43.0. The second kappa shape index (κ2) is 22.7. The Morgan fingerprint density at radius 3 is 1.31 bits per heavy atom. The fraction of sp³-hybridized carbons (Fsp3) is 0.308. The van der Waals surface area contributed by atoms with E-state index in [9.17, 15) is 0 Å². The summed E-state index contributed by atoms with van der Waals surface area (Å²) >= 11 is 0.